The van der Waals surface area contributed by atoms with Crippen molar-refractivity contribution < 1.29 is 58.7 Å². The molecule has 0 bridgehead atoms. The molecule has 9 nitrogen and oxygen atoms in total. The SMILES string of the molecule is O=P([O-])(Oc1ccccc1)c1ccccc1.O=P([O-])(Oc1ccccc1)c1ccccc1.O=P([O-])(Oc1ccccc1)c1ccccc1.[Co+3]. The first kappa shape index (κ1) is 39.2. The fourth-order valence-corrected chi connectivity index (χ4v) is 6.98. The van der Waals surface area contributed by atoms with E-state index in [1.807, 2.05) is 0 Å². The van der Waals surface area contributed by atoms with Gasteiger partial charge in [-0.25, -0.2) is 0 Å². The van der Waals surface area contributed by atoms with Crippen LogP contribution in [0.3, 0.4) is 0 Å². The largest absolute Gasteiger partial charge is 3.00 e. The zero-order valence-corrected chi connectivity index (χ0v) is 29.4. The van der Waals surface area contributed by atoms with Gasteiger partial charge in [0.05, 0.1) is 0 Å². The molecule has 0 heterocycles. The van der Waals surface area contributed by atoms with Crippen LogP contribution in [0.4, 0.5) is 0 Å². The van der Waals surface area contributed by atoms with Crippen molar-refractivity contribution in [1.29, 1.82) is 0 Å². The molecule has 6 aromatic rings. The van der Waals surface area contributed by atoms with E-state index in [1.165, 1.54) is 36.4 Å². The summed E-state index contributed by atoms with van der Waals surface area (Å²) in [6.45, 7) is 0. The average molecular weight is 758 g/mol. The van der Waals surface area contributed by atoms with Gasteiger partial charge in [-0.2, -0.15) is 0 Å². The van der Waals surface area contributed by atoms with Crippen molar-refractivity contribution >= 4 is 38.7 Å². The van der Waals surface area contributed by atoms with Gasteiger partial charge in [-0.05, 0) is 72.8 Å². The molecule has 49 heavy (non-hydrogen) atoms. The Bertz CT molecular complexity index is 1730. The Morgan fingerprint density at radius 3 is 0.653 bits per heavy atom. The molecule has 0 aromatic heterocycles. The number of para-hydroxylation sites is 3. The summed E-state index contributed by atoms with van der Waals surface area (Å²) in [5.74, 6) is 0.971. The van der Waals surface area contributed by atoms with Crippen LogP contribution >= 0.6 is 22.8 Å². The maximum atomic E-state index is 11.8. The summed E-state index contributed by atoms with van der Waals surface area (Å²) < 4.78 is 50.4. The quantitative estimate of drug-likeness (QED) is 0.166. The van der Waals surface area contributed by atoms with Crippen molar-refractivity contribution in [3.05, 3.63) is 182 Å². The minimum Gasteiger partial charge on any atom is -0.765 e. The van der Waals surface area contributed by atoms with Crippen molar-refractivity contribution in [2.24, 2.45) is 0 Å². The molecule has 3 unspecified atom stereocenters. The summed E-state index contributed by atoms with van der Waals surface area (Å²) in [6.07, 6.45) is 0. The maximum absolute atomic E-state index is 11.8. The van der Waals surface area contributed by atoms with E-state index < -0.39 is 22.8 Å². The van der Waals surface area contributed by atoms with Gasteiger partial charge in [0.15, 0.2) is 0 Å². The van der Waals surface area contributed by atoms with Crippen LogP contribution in [0, 0.1) is 0 Å². The van der Waals surface area contributed by atoms with Crippen LogP contribution in [0.15, 0.2) is 182 Å². The van der Waals surface area contributed by atoms with Gasteiger partial charge in [-0.15, -0.1) is 0 Å². The van der Waals surface area contributed by atoms with E-state index >= 15 is 0 Å². The van der Waals surface area contributed by atoms with E-state index in [-0.39, 0.29) is 32.7 Å². The van der Waals surface area contributed by atoms with Crippen molar-refractivity contribution in [1.82, 2.24) is 0 Å². The topological polar surface area (TPSA) is 148 Å². The number of benzene rings is 6. The van der Waals surface area contributed by atoms with Gasteiger partial charge in [0.2, 0.25) is 22.8 Å². The maximum Gasteiger partial charge on any atom is 3.00 e. The summed E-state index contributed by atoms with van der Waals surface area (Å²) in [5, 5.41) is 0.538. The molecule has 0 aliphatic carbocycles. The molecule has 13 heteroatoms. The van der Waals surface area contributed by atoms with Crippen LogP contribution in [0.25, 0.3) is 0 Å². The van der Waals surface area contributed by atoms with Gasteiger partial charge >= 0.3 is 16.8 Å². The number of rotatable bonds is 9. The summed E-state index contributed by atoms with van der Waals surface area (Å²) in [6, 6.07) is 49.7. The van der Waals surface area contributed by atoms with Gasteiger partial charge in [-0.3, -0.25) is 13.7 Å². The number of hydrogen-bond acceptors (Lipinski definition) is 9. The average Bonchev–Trinajstić information content (AvgIpc) is 3.11. The fraction of sp³-hybridized carbons (Fsp3) is 0. The second-order valence-electron chi connectivity index (χ2n) is 9.71. The predicted octanol–water partition coefficient (Wildman–Crippen LogP) is 5.83. The van der Waals surface area contributed by atoms with Gasteiger partial charge in [0.1, 0.15) is 17.2 Å². The molecule has 252 valence electrons. The summed E-state index contributed by atoms with van der Waals surface area (Å²) in [5.41, 5.74) is 0. The first-order valence-corrected chi connectivity index (χ1v) is 19.0. The molecule has 0 amide bonds. The normalized spacial score (nSPS) is 13.8. The fourth-order valence-electron chi connectivity index (χ4n) is 3.85. The predicted molar refractivity (Wildman–Crippen MR) is 182 cm³/mol. The van der Waals surface area contributed by atoms with Gasteiger partial charge in [0.25, 0.3) is 0 Å². The first-order chi connectivity index (χ1) is 23.1. The van der Waals surface area contributed by atoms with Gasteiger partial charge in [0, 0.05) is 15.9 Å². The van der Waals surface area contributed by atoms with Crippen LogP contribution in [0.1, 0.15) is 0 Å². The first-order valence-electron chi connectivity index (χ1n) is 14.4. The standard InChI is InChI=1S/3C12H11O3P.Co/c3*13-16(14,12-9-5-2-6-10-12)15-11-7-3-1-4-8-11;/h3*1-10H,(H,13,14);/q;;;+3/p-3. The molecule has 0 N–H and O–H groups in total. The van der Waals surface area contributed by atoms with Crippen LogP contribution in [-0.2, 0) is 30.5 Å². The smallest absolute Gasteiger partial charge is 0.765 e. The van der Waals surface area contributed by atoms with Crippen LogP contribution in [-0.4, -0.2) is 0 Å². The molecular weight excluding hydrogens is 728 g/mol. The van der Waals surface area contributed by atoms with E-state index in [2.05, 4.69) is 0 Å². The summed E-state index contributed by atoms with van der Waals surface area (Å²) >= 11 is 0. The van der Waals surface area contributed by atoms with Crippen molar-refractivity contribution in [3.8, 4) is 17.2 Å². The van der Waals surface area contributed by atoms with Crippen molar-refractivity contribution in [2.75, 3.05) is 0 Å². The zero-order chi connectivity index (χ0) is 34.3. The van der Waals surface area contributed by atoms with E-state index in [0.717, 1.165) is 0 Å². The Balaban J connectivity index is 0.000000197. The van der Waals surface area contributed by atoms with Crippen LogP contribution in [0.2, 0.25) is 0 Å². The molecule has 0 fully saturated rings. The van der Waals surface area contributed by atoms with E-state index in [0.29, 0.717) is 17.2 Å². The second kappa shape index (κ2) is 19.1. The van der Waals surface area contributed by atoms with E-state index in [4.69, 9.17) is 13.6 Å². The molecule has 3 atom stereocenters. The third-order valence-corrected chi connectivity index (χ3v) is 10.3. The molecule has 0 aliphatic heterocycles. The molecule has 6 aromatic carbocycles. The van der Waals surface area contributed by atoms with Crippen molar-refractivity contribution in [3.63, 3.8) is 0 Å². The molecule has 0 radical (unpaired) electrons. The molecule has 0 saturated heterocycles. The Kier molecular flexibility index (Phi) is 15.3. The number of hydrogen-bond donors (Lipinski definition) is 0. The van der Waals surface area contributed by atoms with E-state index in [9.17, 15) is 28.4 Å². The Hall–Kier alpha value is -4.20. The van der Waals surface area contributed by atoms with E-state index in [1.54, 1.807) is 146 Å². The minimum atomic E-state index is -4.02. The minimum absolute atomic E-state index is 0. The third kappa shape index (κ3) is 13.0. The summed E-state index contributed by atoms with van der Waals surface area (Å²) in [4.78, 5) is 35.4. The zero-order valence-electron chi connectivity index (χ0n) is 25.7. The second-order valence-corrected chi connectivity index (χ2v) is 14.8. The summed E-state index contributed by atoms with van der Waals surface area (Å²) in [7, 11) is -12.1. The molecular formula is C36H30CoO9P3. The van der Waals surface area contributed by atoms with Gasteiger partial charge < -0.3 is 28.3 Å². The van der Waals surface area contributed by atoms with Crippen LogP contribution < -0.4 is 44.2 Å². The molecule has 0 saturated carbocycles. The Morgan fingerprint density at radius 1 is 0.306 bits per heavy atom. The van der Waals surface area contributed by atoms with Crippen molar-refractivity contribution in [2.45, 2.75) is 0 Å². The molecule has 0 spiro atoms. The Morgan fingerprint density at radius 2 is 0.469 bits per heavy atom. The molecule has 6 rings (SSSR count). The molecule has 0 aliphatic rings. The Labute approximate surface area is 295 Å². The third-order valence-electron chi connectivity index (χ3n) is 6.12. The monoisotopic (exact) mass is 758 g/mol. The van der Waals surface area contributed by atoms with Crippen LogP contribution in [0.5, 0.6) is 17.2 Å². The van der Waals surface area contributed by atoms with Gasteiger partial charge in [-0.1, -0.05) is 109 Å².